The van der Waals surface area contributed by atoms with E-state index in [2.05, 4.69) is 30.5 Å². The van der Waals surface area contributed by atoms with Crippen LogP contribution in [-0.4, -0.2) is 32.1 Å². The van der Waals surface area contributed by atoms with E-state index >= 15 is 0 Å². The average molecular weight is 301 g/mol. The first-order chi connectivity index (χ1) is 9.02. The number of likely N-dealkylation sites (N-methyl/N-ethyl adjacent to an activating group) is 1. The molecule has 1 atom stereocenters. The number of amides is 1. The summed E-state index contributed by atoms with van der Waals surface area (Å²) >= 11 is 0. The molecule has 0 heterocycles. The molecule has 0 bridgehead atoms. The highest BCUT2D eigenvalue weighted by Crippen LogP contribution is 2.19. The molecule has 20 heavy (non-hydrogen) atoms. The predicted molar refractivity (Wildman–Crippen MR) is 84.8 cm³/mol. The molecule has 0 fully saturated rings. The van der Waals surface area contributed by atoms with Gasteiger partial charge >= 0.3 is 0 Å². The highest BCUT2D eigenvalue weighted by atomic mass is 35.5. The lowest BCUT2D eigenvalue weighted by atomic mass is 10.0. The monoisotopic (exact) mass is 300 g/mol. The third-order valence-electron chi connectivity index (χ3n) is 2.99. The van der Waals surface area contributed by atoms with Gasteiger partial charge in [0.25, 0.3) is 5.91 Å². The summed E-state index contributed by atoms with van der Waals surface area (Å²) in [7, 11) is 1.87. The molecule has 0 saturated carbocycles. The van der Waals surface area contributed by atoms with Gasteiger partial charge in [-0.1, -0.05) is 26.0 Å². The molecule has 0 spiro atoms. The molecular formula is C15H25ClN2O2. The molecule has 1 rings (SSSR count). The van der Waals surface area contributed by atoms with E-state index in [0.717, 1.165) is 5.75 Å². The molecule has 114 valence electrons. The van der Waals surface area contributed by atoms with E-state index in [9.17, 15) is 4.79 Å². The molecule has 0 aliphatic carbocycles. The summed E-state index contributed by atoms with van der Waals surface area (Å²) < 4.78 is 5.49. The van der Waals surface area contributed by atoms with Crippen molar-refractivity contribution in [2.75, 3.05) is 20.2 Å². The minimum atomic E-state index is -0.1000. The SMILES string of the molecule is CNC(C)CNC(=O)COc1cccc(C(C)C)c1.Cl. The summed E-state index contributed by atoms with van der Waals surface area (Å²) in [6.07, 6.45) is 0. The van der Waals surface area contributed by atoms with E-state index in [0.29, 0.717) is 12.5 Å². The van der Waals surface area contributed by atoms with Gasteiger partial charge in [-0.15, -0.1) is 12.4 Å². The topological polar surface area (TPSA) is 50.4 Å². The van der Waals surface area contributed by atoms with Crippen molar-refractivity contribution >= 4 is 18.3 Å². The average Bonchev–Trinajstić information content (AvgIpc) is 2.42. The number of carbonyl (C=O) groups is 1. The number of hydrogen-bond acceptors (Lipinski definition) is 3. The van der Waals surface area contributed by atoms with Gasteiger partial charge in [-0.3, -0.25) is 4.79 Å². The predicted octanol–water partition coefficient (Wildman–Crippen LogP) is 2.33. The second kappa shape index (κ2) is 9.61. The van der Waals surface area contributed by atoms with Crippen molar-refractivity contribution in [3.05, 3.63) is 29.8 Å². The van der Waals surface area contributed by atoms with Crippen molar-refractivity contribution in [3.8, 4) is 5.75 Å². The van der Waals surface area contributed by atoms with Crippen LogP contribution in [0.4, 0.5) is 0 Å². The number of nitrogens with one attached hydrogen (secondary N) is 2. The van der Waals surface area contributed by atoms with Crippen LogP contribution in [0.3, 0.4) is 0 Å². The Balaban J connectivity index is 0.00000361. The Hall–Kier alpha value is -1.26. The molecule has 1 aromatic carbocycles. The smallest absolute Gasteiger partial charge is 0.257 e. The minimum absolute atomic E-state index is 0. The van der Waals surface area contributed by atoms with Gasteiger partial charge in [0.05, 0.1) is 0 Å². The van der Waals surface area contributed by atoms with Crippen molar-refractivity contribution < 1.29 is 9.53 Å². The normalized spacial score (nSPS) is 11.7. The Kier molecular flexibility index (Phi) is 9.01. The van der Waals surface area contributed by atoms with Gasteiger partial charge in [-0.05, 0) is 37.6 Å². The maximum atomic E-state index is 11.6. The van der Waals surface area contributed by atoms with E-state index in [1.54, 1.807) is 0 Å². The lowest BCUT2D eigenvalue weighted by molar-refractivity contribution is -0.123. The van der Waals surface area contributed by atoms with Crippen LogP contribution in [0.15, 0.2) is 24.3 Å². The highest BCUT2D eigenvalue weighted by molar-refractivity contribution is 5.85. The molecule has 0 aliphatic rings. The second-order valence-electron chi connectivity index (χ2n) is 5.01. The van der Waals surface area contributed by atoms with Crippen LogP contribution in [0.25, 0.3) is 0 Å². The quantitative estimate of drug-likeness (QED) is 0.812. The van der Waals surface area contributed by atoms with Crippen LogP contribution in [0, 0.1) is 0 Å². The summed E-state index contributed by atoms with van der Waals surface area (Å²) in [5.41, 5.74) is 1.21. The summed E-state index contributed by atoms with van der Waals surface area (Å²) in [6.45, 7) is 6.92. The van der Waals surface area contributed by atoms with Crippen LogP contribution in [0.2, 0.25) is 0 Å². The Morgan fingerprint density at radius 1 is 1.30 bits per heavy atom. The van der Waals surface area contributed by atoms with E-state index < -0.39 is 0 Å². The molecule has 0 saturated heterocycles. The molecular weight excluding hydrogens is 276 g/mol. The zero-order valence-electron chi connectivity index (χ0n) is 12.6. The molecule has 0 radical (unpaired) electrons. The van der Waals surface area contributed by atoms with E-state index in [4.69, 9.17) is 4.74 Å². The van der Waals surface area contributed by atoms with Gasteiger partial charge in [-0.2, -0.15) is 0 Å². The zero-order chi connectivity index (χ0) is 14.3. The lowest BCUT2D eigenvalue weighted by Crippen LogP contribution is -2.39. The van der Waals surface area contributed by atoms with Gasteiger partial charge in [-0.25, -0.2) is 0 Å². The third-order valence-corrected chi connectivity index (χ3v) is 2.99. The number of halogens is 1. The van der Waals surface area contributed by atoms with Crippen molar-refractivity contribution in [2.45, 2.75) is 32.7 Å². The highest BCUT2D eigenvalue weighted by Gasteiger charge is 2.06. The Labute approximate surface area is 127 Å². The van der Waals surface area contributed by atoms with Crippen LogP contribution < -0.4 is 15.4 Å². The summed E-state index contributed by atoms with van der Waals surface area (Å²) in [5, 5.41) is 5.87. The number of rotatable bonds is 7. The number of carbonyl (C=O) groups excluding carboxylic acids is 1. The van der Waals surface area contributed by atoms with Crippen LogP contribution in [-0.2, 0) is 4.79 Å². The van der Waals surface area contributed by atoms with Gasteiger partial charge in [0.2, 0.25) is 0 Å². The van der Waals surface area contributed by atoms with Crippen molar-refractivity contribution in [3.63, 3.8) is 0 Å². The molecule has 1 aromatic rings. The summed E-state index contributed by atoms with van der Waals surface area (Å²) in [6, 6.07) is 8.12. The Morgan fingerprint density at radius 3 is 2.60 bits per heavy atom. The third kappa shape index (κ3) is 6.78. The number of ether oxygens (including phenoxy) is 1. The van der Waals surface area contributed by atoms with E-state index in [1.165, 1.54) is 5.56 Å². The minimum Gasteiger partial charge on any atom is -0.484 e. The van der Waals surface area contributed by atoms with Gasteiger partial charge in [0.1, 0.15) is 5.75 Å². The summed E-state index contributed by atoms with van der Waals surface area (Å²) in [5.74, 6) is 1.09. The Bertz CT molecular complexity index is 411. The van der Waals surface area contributed by atoms with Crippen molar-refractivity contribution in [2.24, 2.45) is 0 Å². The standard InChI is InChI=1S/C15H24N2O2.ClH/c1-11(2)13-6-5-7-14(8-13)19-10-15(18)17-9-12(3)16-4;/h5-8,11-12,16H,9-10H2,1-4H3,(H,17,18);1H. The molecule has 5 heteroatoms. The molecule has 1 unspecified atom stereocenters. The van der Waals surface area contributed by atoms with Crippen LogP contribution in [0.1, 0.15) is 32.3 Å². The fourth-order valence-corrected chi connectivity index (χ4v) is 1.53. The first-order valence-electron chi connectivity index (χ1n) is 6.69. The van der Waals surface area contributed by atoms with E-state index in [-0.39, 0.29) is 31.0 Å². The van der Waals surface area contributed by atoms with Crippen LogP contribution >= 0.6 is 12.4 Å². The molecule has 1 amide bonds. The van der Waals surface area contributed by atoms with Gasteiger partial charge in [0.15, 0.2) is 6.61 Å². The fraction of sp³-hybridized carbons (Fsp3) is 0.533. The first-order valence-corrected chi connectivity index (χ1v) is 6.69. The maximum Gasteiger partial charge on any atom is 0.257 e. The summed E-state index contributed by atoms with van der Waals surface area (Å²) in [4.78, 5) is 11.6. The van der Waals surface area contributed by atoms with Crippen molar-refractivity contribution in [1.82, 2.24) is 10.6 Å². The van der Waals surface area contributed by atoms with Crippen molar-refractivity contribution in [1.29, 1.82) is 0 Å². The Morgan fingerprint density at radius 2 is 2.00 bits per heavy atom. The fourth-order valence-electron chi connectivity index (χ4n) is 1.53. The van der Waals surface area contributed by atoms with Gasteiger partial charge < -0.3 is 15.4 Å². The molecule has 2 N–H and O–H groups in total. The number of hydrogen-bond donors (Lipinski definition) is 2. The molecule has 0 aliphatic heterocycles. The number of benzene rings is 1. The second-order valence-corrected chi connectivity index (χ2v) is 5.01. The van der Waals surface area contributed by atoms with Crippen LogP contribution in [0.5, 0.6) is 5.75 Å². The largest absolute Gasteiger partial charge is 0.484 e. The van der Waals surface area contributed by atoms with Gasteiger partial charge in [0, 0.05) is 12.6 Å². The first kappa shape index (κ1) is 18.7. The molecule has 0 aromatic heterocycles. The zero-order valence-corrected chi connectivity index (χ0v) is 13.4. The lowest BCUT2D eigenvalue weighted by Gasteiger charge is -2.12. The maximum absolute atomic E-state index is 11.6. The van der Waals surface area contributed by atoms with E-state index in [1.807, 2.05) is 32.2 Å². The molecule has 4 nitrogen and oxygen atoms in total.